The van der Waals surface area contributed by atoms with Gasteiger partial charge in [-0.05, 0) is 43.9 Å². The second-order valence-electron chi connectivity index (χ2n) is 4.86. The molecule has 20 heavy (non-hydrogen) atoms. The topological polar surface area (TPSA) is 55.6 Å². The van der Waals surface area contributed by atoms with Gasteiger partial charge < -0.3 is 15.4 Å². The van der Waals surface area contributed by atoms with Crippen molar-refractivity contribution >= 4 is 5.91 Å². The van der Waals surface area contributed by atoms with Crippen LogP contribution in [0, 0.1) is 0 Å². The van der Waals surface area contributed by atoms with Crippen LogP contribution in [0.2, 0.25) is 0 Å². The Morgan fingerprint density at radius 1 is 1.35 bits per heavy atom. The third-order valence-electron chi connectivity index (χ3n) is 3.50. The molecule has 0 heterocycles. The van der Waals surface area contributed by atoms with E-state index in [9.17, 15) is 4.79 Å². The van der Waals surface area contributed by atoms with E-state index in [4.69, 9.17) is 10.5 Å². The molecule has 2 rings (SSSR count). The number of nitrogens with two attached hydrogens (primary N) is 1. The van der Waals surface area contributed by atoms with Gasteiger partial charge in [0.1, 0.15) is 5.75 Å². The maximum absolute atomic E-state index is 12.2. The van der Waals surface area contributed by atoms with E-state index in [1.165, 1.54) is 0 Å². The number of amides is 1. The monoisotopic (exact) mass is 274 g/mol. The number of hydrogen-bond acceptors (Lipinski definition) is 3. The van der Waals surface area contributed by atoms with Crippen LogP contribution in [0.3, 0.4) is 0 Å². The van der Waals surface area contributed by atoms with Crippen LogP contribution in [0.4, 0.5) is 0 Å². The van der Waals surface area contributed by atoms with Crippen molar-refractivity contribution < 1.29 is 9.53 Å². The lowest BCUT2D eigenvalue weighted by Gasteiger charge is -2.22. The smallest absolute Gasteiger partial charge is 0.264 e. The zero-order chi connectivity index (χ0) is 14.4. The molecular weight excluding hydrogens is 252 g/mol. The van der Waals surface area contributed by atoms with Crippen LogP contribution in [0.5, 0.6) is 5.75 Å². The van der Waals surface area contributed by atoms with Crippen LogP contribution in [-0.4, -0.2) is 24.0 Å². The summed E-state index contributed by atoms with van der Waals surface area (Å²) in [7, 11) is 0. The number of carbonyl (C=O) groups is 1. The van der Waals surface area contributed by atoms with E-state index in [-0.39, 0.29) is 12.5 Å². The van der Waals surface area contributed by atoms with Crippen molar-refractivity contribution in [3.8, 4) is 5.75 Å². The molecule has 1 aromatic carbocycles. The van der Waals surface area contributed by atoms with E-state index in [2.05, 4.69) is 6.08 Å². The number of likely N-dealkylation sites (N-methyl/N-ethyl adjacent to an activating group) is 1. The van der Waals surface area contributed by atoms with Crippen molar-refractivity contribution in [2.24, 2.45) is 5.73 Å². The molecule has 1 aliphatic rings. The van der Waals surface area contributed by atoms with Gasteiger partial charge in [0, 0.05) is 18.8 Å². The van der Waals surface area contributed by atoms with E-state index < -0.39 is 0 Å². The van der Waals surface area contributed by atoms with Crippen molar-refractivity contribution in [2.45, 2.75) is 32.7 Å². The molecule has 0 saturated carbocycles. The number of hydrogen-bond donors (Lipinski definition) is 1. The Morgan fingerprint density at radius 3 is 2.65 bits per heavy atom. The molecule has 108 valence electrons. The Morgan fingerprint density at radius 2 is 2.10 bits per heavy atom. The maximum atomic E-state index is 12.2. The number of carbonyl (C=O) groups excluding carboxylic acids is 1. The Kier molecular flexibility index (Phi) is 5.18. The highest BCUT2D eigenvalue weighted by Crippen LogP contribution is 2.21. The zero-order valence-corrected chi connectivity index (χ0v) is 12.0. The van der Waals surface area contributed by atoms with E-state index >= 15 is 0 Å². The minimum Gasteiger partial charge on any atom is -0.484 e. The summed E-state index contributed by atoms with van der Waals surface area (Å²) in [5.74, 6) is 0.718. The highest BCUT2D eigenvalue weighted by molar-refractivity contribution is 5.79. The third-order valence-corrected chi connectivity index (χ3v) is 3.50. The molecule has 0 saturated heterocycles. The van der Waals surface area contributed by atoms with Gasteiger partial charge >= 0.3 is 0 Å². The summed E-state index contributed by atoms with van der Waals surface area (Å²) in [6.45, 7) is 3.28. The van der Waals surface area contributed by atoms with Gasteiger partial charge in [0.25, 0.3) is 5.91 Å². The molecule has 1 amide bonds. The van der Waals surface area contributed by atoms with Gasteiger partial charge in [0.05, 0.1) is 0 Å². The first-order valence-electron chi connectivity index (χ1n) is 7.15. The lowest BCUT2D eigenvalue weighted by Crippen LogP contribution is -2.33. The first-order chi connectivity index (χ1) is 9.74. The second kappa shape index (κ2) is 7.10. The van der Waals surface area contributed by atoms with Crippen molar-refractivity contribution in [2.75, 3.05) is 13.2 Å². The molecule has 4 heteroatoms. The summed E-state index contributed by atoms with van der Waals surface area (Å²) >= 11 is 0. The SMILES string of the molecule is CCN(C(=O)COc1ccc(CN)cc1)C1=CCCC1. The van der Waals surface area contributed by atoms with Crippen molar-refractivity contribution in [1.29, 1.82) is 0 Å². The molecule has 0 fully saturated rings. The minimum absolute atomic E-state index is 0.0172. The van der Waals surface area contributed by atoms with Crippen LogP contribution in [-0.2, 0) is 11.3 Å². The first-order valence-corrected chi connectivity index (χ1v) is 7.15. The van der Waals surface area contributed by atoms with E-state index in [1.54, 1.807) is 0 Å². The van der Waals surface area contributed by atoms with Gasteiger partial charge in [-0.25, -0.2) is 0 Å². The van der Waals surface area contributed by atoms with Crippen LogP contribution in [0.1, 0.15) is 31.7 Å². The van der Waals surface area contributed by atoms with Crippen LogP contribution in [0.15, 0.2) is 36.0 Å². The largest absolute Gasteiger partial charge is 0.484 e. The van der Waals surface area contributed by atoms with Crippen molar-refractivity contribution in [1.82, 2.24) is 4.90 Å². The molecule has 0 spiro atoms. The fourth-order valence-corrected chi connectivity index (χ4v) is 2.38. The molecule has 0 atom stereocenters. The Bertz CT molecular complexity index is 480. The van der Waals surface area contributed by atoms with E-state index in [0.717, 1.165) is 30.5 Å². The molecule has 0 unspecified atom stereocenters. The maximum Gasteiger partial charge on any atom is 0.264 e. The number of allylic oxidation sites excluding steroid dienone is 2. The van der Waals surface area contributed by atoms with Gasteiger partial charge in [0.2, 0.25) is 0 Å². The van der Waals surface area contributed by atoms with Crippen LogP contribution in [0.25, 0.3) is 0 Å². The summed E-state index contributed by atoms with van der Waals surface area (Å²) in [6.07, 6.45) is 5.35. The highest BCUT2D eigenvalue weighted by atomic mass is 16.5. The average molecular weight is 274 g/mol. The molecule has 1 aliphatic carbocycles. The number of rotatable bonds is 6. The lowest BCUT2D eigenvalue weighted by atomic mass is 10.2. The molecule has 0 radical (unpaired) electrons. The molecule has 0 aliphatic heterocycles. The number of ether oxygens (including phenoxy) is 1. The predicted molar refractivity (Wildman–Crippen MR) is 79.1 cm³/mol. The summed E-state index contributed by atoms with van der Waals surface area (Å²) in [6, 6.07) is 7.52. The second-order valence-corrected chi connectivity index (χ2v) is 4.86. The lowest BCUT2D eigenvalue weighted by molar-refractivity contribution is -0.131. The minimum atomic E-state index is 0.0172. The molecule has 4 nitrogen and oxygen atoms in total. The zero-order valence-electron chi connectivity index (χ0n) is 12.0. The fraction of sp³-hybridized carbons (Fsp3) is 0.438. The van der Waals surface area contributed by atoms with Gasteiger partial charge in [-0.15, -0.1) is 0 Å². The molecule has 2 N–H and O–H groups in total. The fourth-order valence-electron chi connectivity index (χ4n) is 2.38. The summed E-state index contributed by atoms with van der Waals surface area (Å²) in [5, 5.41) is 0. The standard InChI is InChI=1S/C16H22N2O2/c1-2-18(14-5-3-4-6-14)16(19)12-20-15-9-7-13(11-17)8-10-15/h5,7-10H,2-4,6,11-12,17H2,1H3. The average Bonchev–Trinajstić information content (AvgIpc) is 3.00. The van der Waals surface area contributed by atoms with Gasteiger partial charge in [0.15, 0.2) is 6.61 Å². The summed E-state index contributed by atoms with van der Waals surface area (Å²) in [5.41, 5.74) is 7.73. The first kappa shape index (κ1) is 14.6. The third kappa shape index (κ3) is 3.61. The quantitative estimate of drug-likeness (QED) is 0.867. The predicted octanol–water partition coefficient (Wildman–Crippen LogP) is 2.44. The number of nitrogens with zero attached hydrogens (tertiary/aromatic N) is 1. The van der Waals surface area contributed by atoms with E-state index in [1.807, 2.05) is 36.1 Å². The van der Waals surface area contributed by atoms with Crippen LogP contribution < -0.4 is 10.5 Å². The Hall–Kier alpha value is -1.81. The van der Waals surface area contributed by atoms with Crippen LogP contribution >= 0.6 is 0 Å². The van der Waals surface area contributed by atoms with Gasteiger partial charge in [-0.3, -0.25) is 4.79 Å². The molecule has 1 aromatic rings. The van der Waals surface area contributed by atoms with Gasteiger partial charge in [-0.1, -0.05) is 18.2 Å². The van der Waals surface area contributed by atoms with Crippen molar-refractivity contribution in [3.63, 3.8) is 0 Å². The van der Waals surface area contributed by atoms with Gasteiger partial charge in [-0.2, -0.15) is 0 Å². The summed E-state index contributed by atoms with van der Waals surface area (Å²) in [4.78, 5) is 14.0. The van der Waals surface area contributed by atoms with E-state index in [0.29, 0.717) is 18.8 Å². The number of benzene rings is 1. The summed E-state index contributed by atoms with van der Waals surface area (Å²) < 4.78 is 5.55. The van der Waals surface area contributed by atoms with Crippen molar-refractivity contribution in [3.05, 3.63) is 41.6 Å². The molecule has 0 bridgehead atoms. The molecule has 0 aromatic heterocycles. The highest BCUT2D eigenvalue weighted by Gasteiger charge is 2.18. The Labute approximate surface area is 120 Å². The normalized spacial score (nSPS) is 14.0. The Balaban J connectivity index is 1.89. The molecular formula is C16H22N2O2.